The van der Waals surface area contributed by atoms with Crippen LogP contribution in [0.15, 0.2) is 0 Å². The fourth-order valence-corrected chi connectivity index (χ4v) is 4.61. The van der Waals surface area contributed by atoms with Crippen molar-refractivity contribution in [2.24, 2.45) is 0 Å². The Kier molecular flexibility index (Phi) is 6.37. The summed E-state index contributed by atoms with van der Waals surface area (Å²) in [5.74, 6) is 1.12. The van der Waals surface area contributed by atoms with Crippen molar-refractivity contribution in [1.29, 1.82) is 5.26 Å². The molecule has 3 atom stereocenters. The van der Waals surface area contributed by atoms with E-state index in [1.165, 1.54) is 0 Å². The van der Waals surface area contributed by atoms with Gasteiger partial charge in [-0.15, -0.1) is 0 Å². The second-order valence-electron chi connectivity index (χ2n) is 5.75. The summed E-state index contributed by atoms with van der Waals surface area (Å²) in [7, 11) is 0. The van der Waals surface area contributed by atoms with Crippen LogP contribution in [-0.2, 0) is 4.79 Å². The number of unbranched alkanes of at least 4 members (excludes halogenated alkanes) is 1. The maximum Gasteiger partial charge on any atom is 0.315 e. The predicted molar refractivity (Wildman–Crippen MR) is 86.4 cm³/mol. The van der Waals surface area contributed by atoms with E-state index >= 15 is 0 Å². The predicted octanol–water partition coefficient (Wildman–Crippen LogP) is 1.47. The molecule has 0 spiro atoms. The Morgan fingerprint density at radius 1 is 1.45 bits per heavy atom. The molecule has 0 aromatic carbocycles. The first-order valence-corrected chi connectivity index (χ1v) is 9.04. The molecule has 2 rings (SSSR count). The van der Waals surface area contributed by atoms with E-state index in [0.717, 1.165) is 25.0 Å². The minimum atomic E-state index is -0.0495. The van der Waals surface area contributed by atoms with E-state index in [1.54, 1.807) is 4.90 Å². The maximum absolute atomic E-state index is 12.0. The third-order valence-corrected chi connectivity index (χ3v) is 5.80. The summed E-state index contributed by atoms with van der Waals surface area (Å²) in [6.07, 6.45) is 3.85. The van der Waals surface area contributed by atoms with Gasteiger partial charge in [0.05, 0.1) is 24.6 Å². The number of hydrogen-bond acceptors (Lipinski definition) is 4. The number of carbonyl (C=O) groups excluding carboxylic acids is 2. The molecule has 0 radical (unpaired) electrons. The van der Waals surface area contributed by atoms with Crippen LogP contribution in [0.2, 0.25) is 0 Å². The van der Waals surface area contributed by atoms with Gasteiger partial charge in [-0.05, 0) is 19.8 Å². The van der Waals surface area contributed by atoms with Crippen LogP contribution in [0.5, 0.6) is 0 Å². The number of hydrogen-bond donors (Lipinski definition) is 2. The van der Waals surface area contributed by atoms with Crippen molar-refractivity contribution in [2.45, 2.75) is 56.4 Å². The lowest BCUT2D eigenvalue weighted by Crippen LogP contribution is -2.36. The van der Waals surface area contributed by atoms with Crippen molar-refractivity contribution < 1.29 is 9.59 Å². The maximum atomic E-state index is 12.0. The van der Waals surface area contributed by atoms with Gasteiger partial charge in [-0.25, -0.2) is 4.79 Å². The number of carbonyl (C=O) groups is 2. The van der Waals surface area contributed by atoms with Crippen LogP contribution in [-0.4, -0.2) is 53.0 Å². The highest BCUT2D eigenvalue weighted by Gasteiger charge is 2.42. The number of urea groups is 1. The van der Waals surface area contributed by atoms with Gasteiger partial charge in [-0.1, -0.05) is 6.42 Å². The summed E-state index contributed by atoms with van der Waals surface area (Å²) in [4.78, 5) is 25.1. The first-order valence-electron chi connectivity index (χ1n) is 7.99. The van der Waals surface area contributed by atoms with Crippen molar-refractivity contribution in [3.8, 4) is 6.07 Å². The largest absolute Gasteiger partial charge is 0.342 e. The van der Waals surface area contributed by atoms with Gasteiger partial charge >= 0.3 is 6.03 Å². The number of thioether (sulfide) groups is 1. The van der Waals surface area contributed by atoms with Crippen molar-refractivity contribution >= 4 is 23.7 Å². The minimum Gasteiger partial charge on any atom is -0.342 e. The molecule has 0 bridgehead atoms. The number of rotatable bonds is 8. The zero-order valence-corrected chi connectivity index (χ0v) is 13.8. The van der Waals surface area contributed by atoms with Crippen molar-refractivity contribution in [3.63, 3.8) is 0 Å². The third-order valence-electron chi connectivity index (χ3n) is 4.30. The van der Waals surface area contributed by atoms with Crippen molar-refractivity contribution in [3.05, 3.63) is 0 Å². The van der Waals surface area contributed by atoms with E-state index in [4.69, 9.17) is 5.26 Å². The molecule has 3 amide bonds. The minimum absolute atomic E-state index is 0.0495. The molecule has 0 aromatic heterocycles. The van der Waals surface area contributed by atoms with Gasteiger partial charge in [0.15, 0.2) is 0 Å². The fourth-order valence-electron chi connectivity index (χ4n) is 3.07. The van der Waals surface area contributed by atoms with Gasteiger partial charge < -0.3 is 15.5 Å². The highest BCUT2D eigenvalue weighted by Crippen LogP contribution is 2.33. The molecule has 2 N–H and O–H groups in total. The number of amides is 3. The third kappa shape index (κ3) is 4.29. The lowest BCUT2D eigenvalue weighted by atomic mass is 10.0. The number of fused-ring (bicyclic) bond motifs is 1. The van der Waals surface area contributed by atoms with Gasteiger partial charge in [-0.3, -0.25) is 4.79 Å². The number of nitriles is 1. The summed E-state index contributed by atoms with van der Waals surface area (Å²) in [5.41, 5.74) is 0. The molecule has 2 saturated heterocycles. The average molecular weight is 324 g/mol. The molecule has 0 aromatic rings. The summed E-state index contributed by atoms with van der Waals surface area (Å²) in [5, 5.41) is 15.0. The second-order valence-corrected chi connectivity index (χ2v) is 7.02. The molecule has 122 valence electrons. The van der Waals surface area contributed by atoms with Crippen LogP contribution in [0.25, 0.3) is 0 Å². The number of nitrogens with one attached hydrogen (secondary N) is 2. The van der Waals surface area contributed by atoms with Gasteiger partial charge in [0, 0.05) is 30.5 Å². The lowest BCUT2D eigenvalue weighted by Gasteiger charge is -2.20. The van der Waals surface area contributed by atoms with Crippen LogP contribution < -0.4 is 10.6 Å². The van der Waals surface area contributed by atoms with Crippen LogP contribution >= 0.6 is 11.8 Å². The topological polar surface area (TPSA) is 85.2 Å². The smallest absolute Gasteiger partial charge is 0.315 e. The monoisotopic (exact) mass is 324 g/mol. The highest BCUT2D eigenvalue weighted by atomic mass is 32.2. The highest BCUT2D eigenvalue weighted by molar-refractivity contribution is 8.00. The van der Waals surface area contributed by atoms with E-state index in [2.05, 4.69) is 16.7 Å². The van der Waals surface area contributed by atoms with Crippen LogP contribution in [0.3, 0.4) is 0 Å². The summed E-state index contributed by atoms with van der Waals surface area (Å²) < 4.78 is 0. The summed E-state index contributed by atoms with van der Waals surface area (Å²) in [6.45, 7) is 3.15. The van der Waals surface area contributed by atoms with E-state index in [-0.39, 0.29) is 24.0 Å². The van der Waals surface area contributed by atoms with Gasteiger partial charge in [0.25, 0.3) is 0 Å². The Morgan fingerprint density at radius 3 is 3.00 bits per heavy atom. The molecule has 6 nitrogen and oxygen atoms in total. The summed E-state index contributed by atoms with van der Waals surface area (Å²) in [6, 6.07) is 2.55. The van der Waals surface area contributed by atoms with Gasteiger partial charge in [0.1, 0.15) is 0 Å². The van der Waals surface area contributed by atoms with Crippen LogP contribution in [0, 0.1) is 11.3 Å². The first kappa shape index (κ1) is 16.9. The standard InChI is InChI=1S/C15H24N4O2S/c1-2-19(9-5-8-16)13(20)7-4-3-6-12-14-11(10-22-12)17-15(21)18-14/h11-12,14H,2-7,9-10H2,1H3,(H2,17,18,21)/t11-,12-,14-/m0/s1. The fraction of sp³-hybridized carbons (Fsp3) is 0.800. The Bertz CT molecular complexity index is 451. The molecule has 2 aliphatic rings. The zero-order valence-electron chi connectivity index (χ0n) is 13.0. The molecule has 22 heavy (non-hydrogen) atoms. The number of nitrogens with zero attached hydrogens (tertiary/aromatic N) is 2. The SMILES string of the molecule is CCN(CCC#N)C(=O)CCCC[C@@H]1SC[C@@H]2NC(=O)N[C@@H]21. The lowest BCUT2D eigenvalue weighted by molar-refractivity contribution is -0.131. The van der Waals surface area contributed by atoms with Crippen LogP contribution in [0.4, 0.5) is 4.79 Å². The van der Waals surface area contributed by atoms with E-state index in [9.17, 15) is 9.59 Å². The molecule has 0 aliphatic carbocycles. The molecule has 2 fully saturated rings. The molecular weight excluding hydrogens is 300 g/mol. The Labute approximate surface area is 136 Å². The Balaban J connectivity index is 1.64. The van der Waals surface area contributed by atoms with E-state index in [0.29, 0.717) is 31.2 Å². The van der Waals surface area contributed by atoms with Crippen molar-refractivity contribution in [2.75, 3.05) is 18.8 Å². The van der Waals surface area contributed by atoms with E-state index < -0.39 is 0 Å². The summed E-state index contributed by atoms with van der Waals surface area (Å²) >= 11 is 1.91. The molecule has 2 aliphatic heterocycles. The molecular formula is C15H24N4O2S. The molecule has 7 heteroatoms. The quantitative estimate of drug-likeness (QED) is 0.523. The van der Waals surface area contributed by atoms with E-state index in [1.807, 2.05) is 18.7 Å². The first-order chi connectivity index (χ1) is 10.7. The van der Waals surface area contributed by atoms with Crippen LogP contribution in [0.1, 0.15) is 39.0 Å². The average Bonchev–Trinajstić information content (AvgIpc) is 3.04. The zero-order chi connectivity index (χ0) is 15.9. The van der Waals surface area contributed by atoms with Crippen molar-refractivity contribution in [1.82, 2.24) is 15.5 Å². The van der Waals surface area contributed by atoms with Gasteiger partial charge in [-0.2, -0.15) is 17.0 Å². The molecule has 0 unspecified atom stereocenters. The molecule has 0 saturated carbocycles. The molecule has 2 heterocycles. The normalized spacial score (nSPS) is 26.0. The Morgan fingerprint density at radius 2 is 2.27 bits per heavy atom. The van der Waals surface area contributed by atoms with Gasteiger partial charge in [0.2, 0.25) is 5.91 Å². The Hall–Kier alpha value is -1.42. The second kappa shape index (κ2) is 8.28.